The molecule has 1 aromatic heterocycles. The van der Waals surface area contributed by atoms with Crippen LogP contribution < -0.4 is 5.32 Å². The number of benzene rings is 1. The highest BCUT2D eigenvalue weighted by molar-refractivity contribution is 9.10. The molecule has 1 atom stereocenters. The molecule has 2 rings (SSSR count). The van der Waals surface area contributed by atoms with Gasteiger partial charge in [0.1, 0.15) is 5.82 Å². The van der Waals surface area contributed by atoms with Gasteiger partial charge in [0.15, 0.2) is 0 Å². The Kier molecular flexibility index (Phi) is 5.31. The first-order valence-corrected chi connectivity index (χ1v) is 7.64. The Morgan fingerprint density at radius 3 is 2.75 bits per heavy atom. The summed E-state index contributed by atoms with van der Waals surface area (Å²) in [6, 6.07) is 6.96. The highest BCUT2D eigenvalue weighted by atomic mass is 79.9. The van der Waals surface area contributed by atoms with Gasteiger partial charge in [0.2, 0.25) is 0 Å². The van der Waals surface area contributed by atoms with E-state index in [2.05, 4.69) is 40.2 Å². The topological polar surface area (TPSA) is 29.9 Å². The molecule has 1 N–H and O–H groups in total. The lowest BCUT2D eigenvalue weighted by Gasteiger charge is -2.20. The van der Waals surface area contributed by atoms with Crippen molar-refractivity contribution in [2.45, 2.75) is 32.9 Å². The minimum absolute atomic E-state index is 0.0359. The van der Waals surface area contributed by atoms with Gasteiger partial charge in [-0.15, -0.1) is 0 Å². The van der Waals surface area contributed by atoms with E-state index in [0.717, 1.165) is 23.3 Å². The number of hydrogen-bond acceptors (Lipinski definition) is 2. The normalized spacial score (nSPS) is 12.6. The Hall–Kier alpha value is -1.20. The molecule has 3 nitrogen and oxygen atoms in total. The molecule has 108 valence electrons. The molecular formula is C15H19BrFN3. The second-order valence-corrected chi connectivity index (χ2v) is 5.45. The summed E-state index contributed by atoms with van der Waals surface area (Å²) in [5.74, 6) is -0.158. The van der Waals surface area contributed by atoms with Crippen LogP contribution in [0.5, 0.6) is 0 Å². The lowest BCUT2D eigenvalue weighted by molar-refractivity contribution is 0.479. The zero-order valence-electron chi connectivity index (χ0n) is 11.7. The molecule has 1 aromatic carbocycles. The third-order valence-electron chi connectivity index (χ3n) is 3.30. The first-order chi connectivity index (χ1) is 9.67. The van der Waals surface area contributed by atoms with Gasteiger partial charge in [0.25, 0.3) is 0 Å². The average molecular weight is 340 g/mol. The molecule has 0 saturated carbocycles. The van der Waals surface area contributed by atoms with E-state index in [-0.39, 0.29) is 11.9 Å². The summed E-state index contributed by atoms with van der Waals surface area (Å²) in [7, 11) is 0. The fourth-order valence-electron chi connectivity index (χ4n) is 2.37. The Morgan fingerprint density at radius 1 is 1.35 bits per heavy atom. The maximum atomic E-state index is 13.9. The van der Waals surface area contributed by atoms with Gasteiger partial charge in [-0.25, -0.2) is 4.39 Å². The van der Waals surface area contributed by atoms with Crippen molar-refractivity contribution < 1.29 is 4.39 Å². The van der Waals surface area contributed by atoms with E-state index in [4.69, 9.17) is 0 Å². The van der Waals surface area contributed by atoms with Gasteiger partial charge in [-0.3, -0.25) is 4.68 Å². The van der Waals surface area contributed by atoms with Gasteiger partial charge in [-0.05, 0) is 47.4 Å². The lowest BCUT2D eigenvalue weighted by Crippen LogP contribution is -2.26. The van der Waals surface area contributed by atoms with Crippen LogP contribution in [-0.4, -0.2) is 16.3 Å². The van der Waals surface area contributed by atoms with Crippen LogP contribution in [0.15, 0.2) is 34.9 Å². The number of rotatable bonds is 6. The van der Waals surface area contributed by atoms with Crippen molar-refractivity contribution in [1.82, 2.24) is 15.1 Å². The number of hydrogen-bond donors (Lipinski definition) is 1. The summed E-state index contributed by atoms with van der Waals surface area (Å²) in [5, 5.41) is 7.76. The van der Waals surface area contributed by atoms with E-state index in [1.807, 2.05) is 16.8 Å². The molecule has 20 heavy (non-hydrogen) atoms. The second kappa shape index (κ2) is 6.99. The Labute approximate surface area is 127 Å². The summed E-state index contributed by atoms with van der Waals surface area (Å²) in [4.78, 5) is 0. The zero-order valence-corrected chi connectivity index (χ0v) is 13.3. The summed E-state index contributed by atoms with van der Waals surface area (Å²) in [5.41, 5.74) is 1.78. The first-order valence-electron chi connectivity index (χ1n) is 6.85. The quantitative estimate of drug-likeness (QED) is 0.869. The number of nitrogens with zero attached hydrogens (tertiary/aromatic N) is 2. The number of aryl methyl sites for hydroxylation is 1. The van der Waals surface area contributed by atoms with Crippen molar-refractivity contribution in [2.24, 2.45) is 0 Å². The lowest BCUT2D eigenvalue weighted by atomic mass is 10.0. The van der Waals surface area contributed by atoms with Gasteiger partial charge < -0.3 is 5.32 Å². The number of nitrogens with one attached hydrogen (secondary N) is 1. The minimum Gasteiger partial charge on any atom is -0.309 e. The Balaban J connectivity index is 2.32. The maximum Gasteiger partial charge on any atom is 0.126 e. The SMILES string of the molecule is CCNC(Cc1ccccc1F)c1c(Br)cnn1CC. The summed E-state index contributed by atoms with van der Waals surface area (Å²) in [6.45, 7) is 5.71. The van der Waals surface area contributed by atoms with E-state index in [0.29, 0.717) is 12.0 Å². The number of halogens is 2. The molecule has 1 heterocycles. The Bertz CT molecular complexity index is 568. The molecule has 2 aromatic rings. The summed E-state index contributed by atoms with van der Waals surface area (Å²) >= 11 is 3.54. The summed E-state index contributed by atoms with van der Waals surface area (Å²) in [6.07, 6.45) is 2.40. The van der Waals surface area contributed by atoms with E-state index in [9.17, 15) is 4.39 Å². The molecule has 0 saturated heterocycles. The Morgan fingerprint density at radius 2 is 2.10 bits per heavy atom. The smallest absolute Gasteiger partial charge is 0.126 e. The van der Waals surface area contributed by atoms with Gasteiger partial charge in [0, 0.05) is 6.54 Å². The minimum atomic E-state index is -0.158. The monoisotopic (exact) mass is 339 g/mol. The van der Waals surface area contributed by atoms with E-state index in [1.54, 1.807) is 12.3 Å². The van der Waals surface area contributed by atoms with Crippen LogP contribution in [0, 0.1) is 5.82 Å². The number of aromatic nitrogens is 2. The molecule has 0 bridgehead atoms. The van der Waals surface area contributed by atoms with Crippen molar-refractivity contribution in [2.75, 3.05) is 6.54 Å². The van der Waals surface area contributed by atoms with Crippen LogP contribution in [0.25, 0.3) is 0 Å². The van der Waals surface area contributed by atoms with Crippen LogP contribution in [0.3, 0.4) is 0 Å². The van der Waals surface area contributed by atoms with E-state index >= 15 is 0 Å². The van der Waals surface area contributed by atoms with Crippen LogP contribution >= 0.6 is 15.9 Å². The van der Waals surface area contributed by atoms with Gasteiger partial charge in [-0.1, -0.05) is 25.1 Å². The van der Waals surface area contributed by atoms with Crippen molar-refractivity contribution in [1.29, 1.82) is 0 Å². The predicted octanol–water partition coefficient (Wildman–Crippen LogP) is 3.70. The first kappa shape index (κ1) is 15.2. The van der Waals surface area contributed by atoms with Crippen LogP contribution in [-0.2, 0) is 13.0 Å². The largest absolute Gasteiger partial charge is 0.309 e. The molecule has 0 spiro atoms. The molecule has 0 radical (unpaired) electrons. The third-order valence-corrected chi connectivity index (χ3v) is 3.91. The highest BCUT2D eigenvalue weighted by Gasteiger charge is 2.20. The van der Waals surface area contributed by atoms with Crippen LogP contribution in [0.2, 0.25) is 0 Å². The summed E-state index contributed by atoms with van der Waals surface area (Å²) < 4.78 is 16.8. The molecule has 0 aliphatic heterocycles. The standard InChI is InChI=1S/C15H19BrFN3/c1-3-18-14(9-11-7-5-6-8-13(11)17)15-12(16)10-19-20(15)4-2/h5-8,10,14,18H,3-4,9H2,1-2H3. The van der Waals surface area contributed by atoms with Crippen molar-refractivity contribution in [3.63, 3.8) is 0 Å². The van der Waals surface area contributed by atoms with Crippen LogP contribution in [0.4, 0.5) is 4.39 Å². The molecule has 0 fully saturated rings. The van der Waals surface area contributed by atoms with Gasteiger partial charge in [0.05, 0.1) is 22.4 Å². The molecule has 5 heteroatoms. The molecule has 0 amide bonds. The van der Waals surface area contributed by atoms with E-state index in [1.165, 1.54) is 6.07 Å². The molecule has 0 aliphatic rings. The fourth-order valence-corrected chi connectivity index (χ4v) is 2.94. The molecular weight excluding hydrogens is 321 g/mol. The number of likely N-dealkylation sites (N-methyl/N-ethyl adjacent to an activating group) is 1. The maximum absolute atomic E-state index is 13.9. The van der Waals surface area contributed by atoms with Gasteiger partial charge in [-0.2, -0.15) is 5.10 Å². The van der Waals surface area contributed by atoms with Crippen molar-refractivity contribution in [3.05, 3.63) is 52.0 Å². The molecule has 1 unspecified atom stereocenters. The van der Waals surface area contributed by atoms with Crippen molar-refractivity contribution in [3.8, 4) is 0 Å². The van der Waals surface area contributed by atoms with E-state index < -0.39 is 0 Å². The fraction of sp³-hybridized carbons (Fsp3) is 0.400. The average Bonchev–Trinajstić information content (AvgIpc) is 2.81. The third kappa shape index (κ3) is 3.27. The van der Waals surface area contributed by atoms with Crippen LogP contribution in [0.1, 0.15) is 31.1 Å². The second-order valence-electron chi connectivity index (χ2n) is 4.60. The highest BCUT2D eigenvalue weighted by Crippen LogP contribution is 2.27. The molecule has 0 aliphatic carbocycles. The zero-order chi connectivity index (χ0) is 14.5. The van der Waals surface area contributed by atoms with Crippen molar-refractivity contribution >= 4 is 15.9 Å². The predicted molar refractivity (Wildman–Crippen MR) is 82.1 cm³/mol. The van der Waals surface area contributed by atoms with Gasteiger partial charge >= 0.3 is 0 Å².